The molecule has 27 heavy (non-hydrogen) atoms. The van der Waals surface area contributed by atoms with E-state index < -0.39 is 0 Å². The van der Waals surface area contributed by atoms with Crippen LogP contribution in [-0.4, -0.2) is 75.7 Å². The van der Waals surface area contributed by atoms with Crippen molar-refractivity contribution in [3.63, 3.8) is 0 Å². The molecule has 1 aliphatic carbocycles. The monoisotopic (exact) mass is 391 g/mol. The summed E-state index contributed by atoms with van der Waals surface area (Å²) in [6.45, 7) is 7.81. The first-order valence-electron chi connectivity index (χ1n) is 10.6. The number of nitrogens with zero attached hydrogens (tertiary/aromatic N) is 3. The van der Waals surface area contributed by atoms with Crippen LogP contribution in [-0.2, 0) is 5.41 Å². The Hall–Kier alpha value is -1.11. The maximum atomic E-state index is 4.47. The van der Waals surface area contributed by atoms with Gasteiger partial charge in [0.1, 0.15) is 0 Å². The number of guanidine groups is 1. The Bertz CT molecular complexity index is 565. The number of aliphatic imine (C=N–C) groups is 1. The lowest BCUT2D eigenvalue weighted by Gasteiger charge is -2.37. The molecule has 2 heterocycles. The van der Waals surface area contributed by atoms with E-state index in [2.05, 4.69) is 50.0 Å². The molecule has 3 rings (SSSR count). The van der Waals surface area contributed by atoms with Crippen LogP contribution in [0, 0.1) is 0 Å². The molecule has 2 aliphatic rings. The van der Waals surface area contributed by atoms with E-state index in [-0.39, 0.29) is 0 Å². The summed E-state index contributed by atoms with van der Waals surface area (Å²) in [5.41, 5.74) is 0.291. The molecule has 1 aliphatic heterocycles. The Kier molecular flexibility index (Phi) is 7.97. The Morgan fingerprint density at radius 1 is 1.11 bits per heavy atom. The number of thiophene rings is 1. The van der Waals surface area contributed by atoms with E-state index in [1.54, 1.807) is 4.88 Å². The molecular weight excluding hydrogens is 354 g/mol. The molecule has 0 bridgehead atoms. The molecule has 0 aromatic carbocycles. The topological polar surface area (TPSA) is 42.9 Å². The van der Waals surface area contributed by atoms with Gasteiger partial charge in [0.15, 0.2) is 5.96 Å². The summed E-state index contributed by atoms with van der Waals surface area (Å²) in [7, 11) is 4.11. The molecule has 5 nitrogen and oxygen atoms in total. The highest BCUT2D eigenvalue weighted by Gasteiger charge is 2.34. The number of rotatable bonds is 6. The fourth-order valence-corrected chi connectivity index (χ4v) is 5.44. The molecule has 152 valence electrons. The molecule has 1 saturated carbocycles. The second kappa shape index (κ2) is 10.4. The van der Waals surface area contributed by atoms with Crippen LogP contribution in [0.5, 0.6) is 0 Å². The van der Waals surface area contributed by atoms with E-state index in [9.17, 15) is 0 Å². The van der Waals surface area contributed by atoms with E-state index in [1.807, 2.05) is 18.4 Å². The predicted molar refractivity (Wildman–Crippen MR) is 117 cm³/mol. The van der Waals surface area contributed by atoms with Gasteiger partial charge in [-0.3, -0.25) is 4.99 Å². The minimum atomic E-state index is 0.291. The molecule has 0 spiro atoms. The first-order valence-corrected chi connectivity index (χ1v) is 11.5. The highest BCUT2D eigenvalue weighted by atomic mass is 32.1. The number of hydrogen-bond acceptors (Lipinski definition) is 4. The van der Waals surface area contributed by atoms with Crippen LogP contribution in [0.25, 0.3) is 0 Å². The van der Waals surface area contributed by atoms with Crippen LogP contribution in [0.15, 0.2) is 22.5 Å². The zero-order valence-corrected chi connectivity index (χ0v) is 18.0. The lowest BCUT2D eigenvalue weighted by atomic mass is 9.73. The molecule has 1 aromatic heterocycles. The summed E-state index contributed by atoms with van der Waals surface area (Å²) in [4.78, 5) is 11.0. The van der Waals surface area contributed by atoms with E-state index in [1.165, 1.54) is 64.7 Å². The summed E-state index contributed by atoms with van der Waals surface area (Å²) in [6.07, 6.45) is 7.92. The van der Waals surface area contributed by atoms with Crippen LogP contribution < -0.4 is 10.6 Å². The lowest BCUT2D eigenvalue weighted by molar-refractivity contribution is 0.279. The van der Waals surface area contributed by atoms with Crippen molar-refractivity contribution >= 4 is 17.3 Å². The third-order valence-corrected chi connectivity index (χ3v) is 7.32. The van der Waals surface area contributed by atoms with Gasteiger partial charge >= 0.3 is 0 Å². The smallest absolute Gasteiger partial charge is 0.191 e. The molecule has 1 aromatic rings. The fraction of sp³-hybridized carbons (Fsp3) is 0.762. The fourth-order valence-electron chi connectivity index (χ4n) is 4.45. The van der Waals surface area contributed by atoms with Gasteiger partial charge in [-0.15, -0.1) is 11.3 Å². The summed E-state index contributed by atoms with van der Waals surface area (Å²) >= 11 is 1.92. The normalized spacial score (nSPS) is 22.4. The van der Waals surface area contributed by atoms with Crippen LogP contribution in [0.2, 0.25) is 0 Å². The largest absolute Gasteiger partial charge is 0.355 e. The predicted octanol–water partition coefficient (Wildman–Crippen LogP) is 2.75. The Balaban J connectivity index is 1.46. The first-order chi connectivity index (χ1) is 13.2. The summed E-state index contributed by atoms with van der Waals surface area (Å²) in [5, 5.41) is 9.40. The first kappa shape index (κ1) is 20.6. The minimum Gasteiger partial charge on any atom is -0.355 e. The molecule has 1 saturated heterocycles. The zero-order valence-electron chi connectivity index (χ0n) is 17.2. The van der Waals surface area contributed by atoms with E-state index in [4.69, 9.17) is 0 Å². The van der Waals surface area contributed by atoms with Crippen LogP contribution >= 0.6 is 11.3 Å². The highest BCUT2D eigenvalue weighted by Crippen LogP contribution is 2.41. The molecule has 0 radical (unpaired) electrons. The van der Waals surface area contributed by atoms with Crippen molar-refractivity contribution in [2.75, 3.05) is 59.9 Å². The van der Waals surface area contributed by atoms with Gasteiger partial charge in [-0.2, -0.15) is 0 Å². The quantitative estimate of drug-likeness (QED) is 0.578. The van der Waals surface area contributed by atoms with Gasteiger partial charge < -0.3 is 20.4 Å². The van der Waals surface area contributed by atoms with Crippen LogP contribution in [0.4, 0.5) is 0 Å². The van der Waals surface area contributed by atoms with Gasteiger partial charge in [0.2, 0.25) is 0 Å². The van der Waals surface area contributed by atoms with E-state index in [0.29, 0.717) is 5.41 Å². The molecule has 0 amide bonds. The van der Waals surface area contributed by atoms with Gasteiger partial charge in [0.25, 0.3) is 0 Å². The highest BCUT2D eigenvalue weighted by molar-refractivity contribution is 7.10. The molecule has 6 heteroatoms. The van der Waals surface area contributed by atoms with E-state index in [0.717, 1.165) is 25.6 Å². The van der Waals surface area contributed by atoms with Crippen molar-refractivity contribution in [1.29, 1.82) is 0 Å². The number of hydrogen-bond donors (Lipinski definition) is 2. The Morgan fingerprint density at radius 2 is 1.96 bits per heavy atom. The average Bonchev–Trinajstić information content (AvgIpc) is 3.17. The third-order valence-electron chi connectivity index (χ3n) is 6.20. The van der Waals surface area contributed by atoms with Gasteiger partial charge in [0.05, 0.1) is 0 Å². The van der Waals surface area contributed by atoms with Crippen LogP contribution in [0.1, 0.15) is 43.4 Å². The van der Waals surface area contributed by atoms with Crippen molar-refractivity contribution in [1.82, 2.24) is 20.4 Å². The summed E-state index contributed by atoms with van der Waals surface area (Å²) in [6, 6.07) is 4.52. The SMILES string of the molecule is CN=C(NCCN1CCCN(C)CC1)NCC1(c2cccs2)CCCCC1. The molecule has 2 N–H and O–H groups in total. The zero-order chi connectivity index (χ0) is 19.0. The van der Waals surface area contributed by atoms with Crippen molar-refractivity contribution in [3.8, 4) is 0 Å². The van der Waals surface area contributed by atoms with Gasteiger partial charge in [0, 0.05) is 50.1 Å². The summed E-state index contributed by atoms with van der Waals surface area (Å²) in [5.74, 6) is 0.948. The lowest BCUT2D eigenvalue weighted by Crippen LogP contribution is -2.47. The second-order valence-electron chi connectivity index (χ2n) is 8.17. The standard InChI is InChI=1S/C21H37N5S/c1-22-20(23-11-14-26-13-7-12-25(2)15-16-26)24-18-21(9-4-3-5-10-21)19-8-6-17-27-19/h6,8,17H,3-5,7,9-16,18H2,1-2H3,(H2,22,23,24). The molecule has 0 unspecified atom stereocenters. The van der Waals surface area contributed by atoms with Crippen molar-refractivity contribution in [3.05, 3.63) is 22.4 Å². The van der Waals surface area contributed by atoms with Crippen LogP contribution in [0.3, 0.4) is 0 Å². The van der Waals surface area contributed by atoms with Crippen molar-refractivity contribution in [2.24, 2.45) is 4.99 Å². The van der Waals surface area contributed by atoms with Crippen molar-refractivity contribution < 1.29 is 0 Å². The minimum absolute atomic E-state index is 0.291. The maximum absolute atomic E-state index is 4.47. The molecular formula is C21H37N5S. The van der Waals surface area contributed by atoms with Crippen molar-refractivity contribution in [2.45, 2.75) is 43.9 Å². The number of likely N-dealkylation sites (N-methyl/N-ethyl adjacent to an activating group) is 1. The maximum Gasteiger partial charge on any atom is 0.191 e. The average molecular weight is 392 g/mol. The summed E-state index contributed by atoms with van der Waals surface area (Å²) < 4.78 is 0. The van der Waals surface area contributed by atoms with Gasteiger partial charge in [-0.25, -0.2) is 0 Å². The third kappa shape index (κ3) is 5.93. The van der Waals surface area contributed by atoms with Gasteiger partial charge in [-0.05, 0) is 50.8 Å². The van der Waals surface area contributed by atoms with E-state index >= 15 is 0 Å². The Morgan fingerprint density at radius 3 is 2.70 bits per heavy atom. The molecule has 0 atom stereocenters. The van der Waals surface area contributed by atoms with Gasteiger partial charge in [-0.1, -0.05) is 25.3 Å². The molecule has 2 fully saturated rings. The number of nitrogens with one attached hydrogen (secondary N) is 2. The second-order valence-corrected chi connectivity index (χ2v) is 9.12. The Labute approximate surface area is 169 Å².